The van der Waals surface area contributed by atoms with Crippen molar-refractivity contribution in [1.82, 2.24) is 21.1 Å². The monoisotopic (exact) mass is 530 g/mol. The van der Waals surface area contributed by atoms with Crippen molar-refractivity contribution >= 4 is 23.5 Å². The highest BCUT2D eigenvalue weighted by molar-refractivity contribution is 5.99. The molecule has 3 rings (SSSR count). The van der Waals surface area contributed by atoms with Gasteiger partial charge in [-0.25, -0.2) is 0 Å². The molecule has 0 unspecified atom stereocenters. The first-order valence-electron chi connectivity index (χ1n) is 12.2. The molecular formula is C26H34N4O8. The Labute approximate surface area is 220 Å². The van der Waals surface area contributed by atoms with Crippen molar-refractivity contribution in [3.05, 3.63) is 53.4 Å². The molecule has 38 heavy (non-hydrogen) atoms. The van der Waals surface area contributed by atoms with Crippen molar-refractivity contribution in [3.63, 3.8) is 0 Å². The van der Waals surface area contributed by atoms with Crippen molar-refractivity contribution in [3.8, 4) is 0 Å². The zero-order valence-corrected chi connectivity index (χ0v) is 21.9. The molecule has 0 radical (unpaired) electrons. The van der Waals surface area contributed by atoms with E-state index in [9.17, 15) is 19.2 Å². The fraction of sp³-hybridized carbons (Fsp3) is 0.500. The number of epoxide rings is 1. The number of methoxy groups -OCH3 is 2. The Hall–Kier alpha value is -3.61. The molecule has 4 atom stereocenters. The number of ether oxygens (including phenoxy) is 3. The van der Waals surface area contributed by atoms with E-state index in [2.05, 4.69) is 21.1 Å². The second-order valence-electron chi connectivity index (χ2n) is 9.29. The second-order valence-corrected chi connectivity index (χ2v) is 9.29. The van der Waals surface area contributed by atoms with Crippen LogP contribution in [0.5, 0.6) is 0 Å². The van der Waals surface area contributed by atoms with Gasteiger partial charge in [0.1, 0.15) is 23.4 Å². The number of rotatable bonds is 15. The first kappa shape index (κ1) is 29.0. The zero-order chi connectivity index (χ0) is 27.7. The molecule has 1 aromatic heterocycles. The van der Waals surface area contributed by atoms with Gasteiger partial charge in [-0.15, -0.1) is 0 Å². The minimum absolute atomic E-state index is 0.00172. The van der Waals surface area contributed by atoms with Gasteiger partial charge in [-0.2, -0.15) is 0 Å². The highest BCUT2D eigenvalue weighted by Gasteiger charge is 2.50. The van der Waals surface area contributed by atoms with E-state index in [-0.39, 0.29) is 31.3 Å². The first-order chi connectivity index (χ1) is 18.2. The Morgan fingerprint density at radius 1 is 0.974 bits per heavy atom. The van der Waals surface area contributed by atoms with Gasteiger partial charge in [0.15, 0.2) is 11.5 Å². The largest absolute Gasteiger partial charge is 0.382 e. The third kappa shape index (κ3) is 7.94. The summed E-state index contributed by atoms with van der Waals surface area (Å²) in [6, 6.07) is 7.90. The van der Waals surface area contributed by atoms with Crippen LogP contribution < -0.4 is 16.0 Å². The van der Waals surface area contributed by atoms with Gasteiger partial charge in [0.05, 0.1) is 25.9 Å². The molecule has 0 aliphatic carbocycles. The molecule has 1 saturated heterocycles. The van der Waals surface area contributed by atoms with Crippen LogP contribution in [0.1, 0.15) is 35.2 Å². The number of nitrogens with zero attached hydrogens (tertiary/aromatic N) is 1. The van der Waals surface area contributed by atoms with Gasteiger partial charge in [-0.1, -0.05) is 35.5 Å². The number of nitrogens with one attached hydrogen (secondary N) is 3. The van der Waals surface area contributed by atoms with Crippen LogP contribution in [-0.4, -0.2) is 86.4 Å². The maximum atomic E-state index is 13.2. The number of hydrogen-bond donors (Lipinski definition) is 3. The van der Waals surface area contributed by atoms with E-state index in [1.165, 1.54) is 20.3 Å². The Kier molecular flexibility index (Phi) is 10.1. The quantitative estimate of drug-likeness (QED) is 0.276. The fourth-order valence-electron chi connectivity index (χ4n) is 3.79. The minimum atomic E-state index is -1.14. The Morgan fingerprint density at radius 2 is 1.55 bits per heavy atom. The van der Waals surface area contributed by atoms with E-state index in [1.807, 2.05) is 30.3 Å². The van der Waals surface area contributed by atoms with Gasteiger partial charge in [0.25, 0.3) is 5.91 Å². The van der Waals surface area contributed by atoms with Gasteiger partial charge in [-0.3, -0.25) is 19.2 Å². The van der Waals surface area contributed by atoms with Crippen LogP contribution >= 0.6 is 0 Å². The van der Waals surface area contributed by atoms with Gasteiger partial charge in [0.2, 0.25) is 11.8 Å². The van der Waals surface area contributed by atoms with Gasteiger partial charge in [-0.05, 0) is 32.3 Å². The minimum Gasteiger partial charge on any atom is -0.382 e. The summed E-state index contributed by atoms with van der Waals surface area (Å²) in [5.74, 6) is -1.73. The molecule has 12 nitrogen and oxygen atoms in total. The third-order valence-corrected chi connectivity index (χ3v) is 6.08. The molecule has 3 amide bonds. The molecule has 0 spiro atoms. The smallest absolute Gasteiger partial charge is 0.274 e. The number of benzene rings is 1. The number of carbonyl (C=O) groups is 4. The average molecular weight is 531 g/mol. The maximum absolute atomic E-state index is 13.2. The molecule has 2 aromatic rings. The third-order valence-electron chi connectivity index (χ3n) is 6.08. The second kappa shape index (κ2) is 13.3. The molecule has 0 bridgehead atoms. The molecule has 2 heterocycles. The molecule has 0 saturated carbocycles. The highest BCUT2D eigenvalue weighted by Crippen LogP contribution is 2.29. The molecule has 1 aliphatic rings. The summed E-state index contributed by atoms with van der Waals surface area (Å²) in [7, 11) is 2.75. The van der Waals surface area contributed by atoms with Gasteiger partial charge < -0.3 is 34.7 Å². The molecule has 206 valence electrons. The number of aromatic nitrogens is 1. The lowest BCUT2D eigenvalue weighted by Crippen LogP contribution is -2.58. The summed E-state index contributed by atoms with van der Waals surface area (Å²) < 4.78 is 20.4. The summed E-state index contributed by atoms with van der Waals surface area (Å²) in [5.41, 5.74) is 0.0730. The van der Waals surface area contributed by atoms with Crippen molar-refractivity contribution in [1.29, 1.82) is 0 Å². The van der Waals surface area contributed by atoms with Crippen molar-refractivity contribution < 1.29 is 37.9 Å². The number of ketones is 1. The molecule has 3 N–H and O–H groups in total. The lowest BCUT2D eigenvalue weighted by atomic mass is 9.95. The summed E-state index contributed by atoms with van der Waals surface area (Å²) in [6.07, 6.45) is 0.902. The molecular weight excluding hydrogens is 496 g/mol. The lowest BCUT2D eigenvalue weighted by molar-refractivity contribution is -0.134. The number of aryl methyl sites for hydroxylation is 2. The molecule has 1 aromatic carbocycles. The molecule has 1 aliphatic heterocycles. The number of carbonyl (C=O) groups excluding carboxylic acids is 4. The SMILES string of the molecule is COC[C@H](NC(=O)c1cc(C)on1)C(=O)N[C@@H](COC)C(=O)N[C@@H](CCc1ccccc1)C(=O)[C@@]1(C)CO1. The first-order valence-corrected chi connectivity index (χ1v) is 12.2. The van der Waals surface area contributed by atoms with Crippen LogP contribution in [0.2, 0.25) is 0 Å². The summed E-state index contributed by atoms with van der Waals surface area (Å²) >= 11 is 0. The van der Waals surface area contributed by atoms with Crippen LogP contribution in [0.15, 0.2) is 40.9 Å². The summed E-state index contributed by atoms with van der Waals surface area (Å²) in [5, 5.41) is 11.5. The Bertz CT molecular complexity index is 1120. The number of amides is 3. The van der Waals surface area contributed by atoms with Crippen LogP contribution in [0.25, 0.3) is 0 Å². The van der Waals surface area contributed by atoms with Gasteiger partial charge >= 0.3 is 0 Å². The van der Waals surface area contributed by atoms with Crippen molar-refractivity contribution in [2.45, 2.75) is 50.4 Å². The topological polar surface area (TPSA) is 161 Å². The predicted octanol–water partition coefficient (Wildman–Crippen LogP) is 0.335. The van der Waals surface area contributed by atoms with Crippen molar-refractivity contribution in [2.24, 2.45) is 0 Å². The van der Waals surface area contributed by atoms with E-state index in [0.29, 0.717) is 18.6 Å². The highest BCUT2D eigenvalue weighted by atomic mass is 16.6. The Balaban J connectivity index is 1.67. The van der Waals surface area contributed by atoms with E-state index in [4.69, 9.17) is 18.7 Å². The van der Waals surface area contributed by atoms with Crippen LogP contribution in [0.3, 0.4) is 0 Å². The lowest BCUT2D eigenvalue weighted by Gasteiger charge is -2.25. The van der Waals surface area contributed by atoms with E-state index >= 15 is 0 Å². The average Bonchev–Trinajstić information content (AvgIpc) is 3.51. The summed E-state index contributed by atoms with van der Waals surface area (Å²) in [4.78, 5) is 51.8. The van der Waals surface area contributed by atoms with E-state index in [1.54, 1.807) is 13.8 Å². The van der Waals surface area contributed by atoms with Crippen LogP contribution in [0, 0.1) is 6.92 Å². The standard InChI is InChI=1S/C26H34N4O8/c1-16-12-19(30-38-16)23(32)28-21(14-36-4)25(34)29-20(13-35-3)24(33)27-18(22(31)26(2)15-37-26)11-10-17-8-6-5-7-9-17/h5-9,12,18,20-21H,10-11,13-15H2,1-4H3,(H,27,33)(H,28,32)(H,29,34)/t18-,20-,21-,26+/m0/s1. The number of Topliss-reactive ketones (excluding diaryl/α,β-unsaturated/α-hetero) is 1. The van der Waals surface area contributed by atoms with Gasteiger partial charge in [0, 0.05) is 20.3 Å². The zero-order valence-electron chi connectivity index (χ0n) is 21.9. The molecule has 1 fully saturated rings. The predicted molar refractivity (Wildman–Crippen MR) is 134 cm³/mol. The van der Waals surface area contributed by atoms with Crippen molar-refractivity contribution in [2.75, 3.05) is 34.0 Å². The maximum Gasteiger partial charge on any atom is 0.274 e. The fourth-order valence-corrected chi connectivity index (χ4v) is 3.79. The number of hydrogen-bond acceptors (Lipinski definition) is 9. The normalized spacial score (nSPS) is 18.6. The van der Waals surface area contributed by atoms with E-state index in [0.717, 1.165) is 5.56 Å². The van der Waals surface area contributed by atoms with E-state index < -0.39 is 41.4 Å². The van der Waals surface area contributed by atoms with Crippen LogP contribution in [0.4, 0.5) is 0 Å². The summed E-state index contributed by atoms with van der Waals surface area (Å²) in [6.45, 7) is 3.26. The molecule has 12 heteroatoms. The Morgan fingerprint density at radius 3 is 2.08 bits per heavy atom. The van der Waals surface area contributed by atoms with Crippen LogP contribution in [-0.2, 0) is 35.0 Å².